The Balaban J connectivity index is 1.23. The predicted octanol–water partition coefficient (Wildman–Crippen LogP) is 5.70. The van der Waals surface area contributed by atoms with E-state index in [4.69, 9.17) is 9.47 Å². The standard InChI is InChI=1S/C30H34N2O4/c1-35-29-15-12-23(16-28(29)33)18-32(26-10-6-3-7-11-26)30(34)36-21-27-24-13-14-25(27)20-31(19-24)17-22-8-4-2-5-9-22/h2-12,15-16,24-25,27,33H,13-14,17-21H2,1H3. The van der Waals surface area contributed by atoms with Gasteiger partial charge in [-0.05, 0) is 60.1 Å². The van der Waals surface area contributed by atoms with Gasteiger partial charge in [0.05, 0.1) is 20.3 Å². The highest BCUT2D eigenvalue weighted by molar-refractivity contribution is 5.87. The zero-order valence-electron chi connectivity index (χ0n) is 20.8. The number of anilines is 1. The summed E-state index contributed by atoms with van der Waals surface area (Å²) in [5.41, 5.74) is 2.91. The van der Waals surface area contributed by atoms with Crippen molar-refractivity contribution in [2.45, 2.75) is 25.9 Å². The molecular formula is C30H34N2O4. The van der Waals surface area contributed by atoms with Crippen molar-refractivity contribution in [1.82, 2.24) is 4.90 Å². The Morgan fingerprint density at radius 2 is 1.61 bits per heavy atom. The lowest BCUT2D eigenvalue weighted by molar-refractivity contribution is 0.0506. The van der Waals surface area contributed by atoms with Crippen LogP contribution in [0.5, 0.6) is 11.5 Å². The lowest BCUT2D eigenvalue weighted by Gasteiger charge is -2.38. The Kier molecular flexibility index (Phi) is 7.42. The first kappa shape index (κ1) is 24.2. The normalized spacial score (nSPS) is 21.2. The van der Waals surface area contributed by atoms with Gasteiger partial charge in [-0.3, -0.25) is 9.80 Å². The fourth-order valence-corrected chi connectivity index (χ4v) is 5.81. The van der Waals surface area contributed by atoms with Crippen molar-refractivity contribution in [2.24, 2.45) is 17.8 Å². The van der Waals surface area contributed by atoms with Crippen molar-refractivity contribution in [1.29, 1.82) is 0 Å². The number of phenols is 1. The molecule has 5 rings (SSSR count). The first-order valence-electron chi connectivity index (χ1n) is 12.7. The molecule has 0 aromatic heterocycles. The van der Waals surface area contributed by atoms with Gasteiger partial charge in [0.25, 0.3) is 0 Å². The lowest BCUT2D eigenvalue weighted by Crippen LogP contribution is -2.43. The molecule has 2 unspecified atom stereocenters. The van der Waals surface area contributed by atoms with E-state index in [0.29, 0.717) is 36.7 Å². The van der Waals surface area contributed by atoms with Crippen molar-refractivity contribution in [2.75, 3.05) is 31.7 Å². The number of methoxy groups -OCH3 is 1. The molecule has 1 saturated carbocycles. The van der Waals surface area contributed by atoms with Gasteiger partial charge in [-0.2, -0.15) is 0 Å². The Labute approximate surface area is 213 Å². The lowest BCUT2D eigenvalue weighted by atomic mass is 9.85. The highest BCUT2D eigenvalue weighted by Gasteiger charge is 2.42. The Hall–Kier alpha value is -3.51. The average Bonchev–Trinajstić information content (AvgIpc) is 3.14. The topological polar surface area (TPSA) is 62.2 Å². The number of para-hydroxylation sites is 1. The highest BCUT2D eigenvalue weighted by atomic mass is 16.6. The molecule has 188 valence electrons. The van der Waals surface area contributed by atoms with Crippen LogP contribution in [0.2, 0.25) is 0 Å². The summed E-state index contributed by atoms with van der Waals surface area (Å²) < 4.78 is 11.1. The second-order valence-electron chi connectivity index (χ2n) is 9.95. The molecular weight excluding hydrogens is 452 g/mol. The molecule has 36 heavy (non-hydrogen) atoms. The number of nitrogens with zero attached hydrogens (tertiary/aromatic N) is 2. The average molecular weight is 487 g/mol. The molecule has 1 amide bonds. The minimum Gasteiger partial charge on any atom is -0.504 e. The molecule has 2 atom stereocenters. The molecule has 3 aromatic rings. The Morgan fingerprint density at radius 3 is 2.25 bits per heavy atom. The van der Waals surface area contributed by atoms with Gasteiger partial charge in [0.15, 0.2) is 11.5 Å². The molecule has 1 aliphatic heterocycles. The fourth-order valence-electron chi connectivity index (χ4n) is 5.81. The fraction of sp³-hybridized carbons (Fsp3) is 0.367. The van der Waals surface area contributed by atoms with E-state index in [-0.39, 0.29) is 11.8 Å². The van der Waals surface area contributed by atoms with Gasteiger partial charge >= 0.3 is 6.09 Å². The van der Waals surface area contributed by atoms with Gasteiger partial charge in [-0.1, -0.05) is 54.6 Å². The number of benzene rings is 3. The third-order valence-electron chi connectivity index (χ3n) is 7.63. The van der Waals surface area contributed by atoms with E-state index in [9.17, 15) is 9.90 Å². The smallest absolute Gasteiger partial charge is 0.414 e. The molecule has 1 heterocycles. The summed E-state index contributed by atoms with van der Waals surface area (Å²) in [5.74, 6) is 1.98. The number of rotatable bonds is 8. The highest BCUT2D eigenvalue weighted by Crippen LogP contribution is 2.42. The van der Waals surface area contributed by atoms with Gasteiger partial charge < -0.3 is 14.6 Å². The number of likely N-dealkylation sites (tertiary alicyclic amines) is 1. The first-order chi connectivity index (χ1) is 17.6. The molecule has 1 saturated heterocycles. The van der Waals surface area contributed by atoms with Crippen LogP contribution < -0.4 is 9.64 Å². The first-order valence-corrected chi connectivity index (χ1v) is 12.7. The van der Waals surface area contributed by atoms with Crippen molar-refractivity contribution in [3.63, 3.8) is 0 Å². The van der Waals surface area contributed by atoms with E-state index in [1.165, 1.54) is 25.5 Å². The second kappa shape index (κ2) is 11.0. The SMILES string of the molecule is COc1ccc(CN(C(=O)OCC2C3CCC2CN(Cc2ccccc2)C3)c2ccccc2)cc1O. The molecule has 1 N–H and O–H groups in total. The number of amides is 1. The van der Waals surface area contributed by atoms with Crippen molar-refractivity contribution < 1.29 is 19.4 Å². The van der Waals surface area contributed by atoms with Crippen LogP contribution in [-0.4, -0.2) is 42.9 Å². The molecule has 3 aromatic carbocycles. The van der Waals surface area contributed by atoms with Crippen molar-refractivity contribution in [3.8, 4) is 11.5 Å². The monoisotopic (exact) mass is 486 g/mol. The van der Waals surface area contributed by atoms with E-state index in [2.05, 4.69) is 35.2 Å². The number of fused-ring (bicyclic) bond motifs is 2. The van der Waals surface area contributed by atoms with E-state index in [0.717, 1.165) is 30.9 Å². The van der Waals surface area contributed by atoms with Gasteiger partial charge in [-0.15, -0.1) is 0 Å². The summed E-state index contributed by atoms with van der Waals surface area (Å²) in [6.07, 6.45) is 2.04. The quantitative estimate of drug-likeness (QED) is 0.442. The minimum atomic E-state index is -0.359. The third kappa shape index (κ3) is 5.49. The zero-order valence-corrected chi connectivity index (χ0v) is 20.8. The maximum absolute atomic E-state index is 13.3. The zero-order chi connectivity index (χ0) is 24.9. The van der Waals surface area contributed by atoms with Crippen LogP contribution in [0, 0.1) is 17.8 Å². The molecule has 1 aliphatic carbocycles. The van der Waals surface area contributed by atoms with Crippen LogP contribution in [-0.2, 0) is 17.8 Å². The summed E-state index contributed by atoms with van der Waals surface area (Å²) in [4.78, 5) is 17.5. The van der Waals surface area contributed by atoms with Crippen LogP contribution in [0.3, 0.4) is 0 Å². The molecule has 0 spiro atoms. The second-order valence-corrected chi connectivity index (χ2v) is 9.95. The summed E-state index contributed by atoms with van der Waals surface area (Å²) in [6.45, 7) is 3.84. The summed E-state index contributed by atoms with van der Waals surface area (Å²) >= 11 is 0. The molecule has 6 heteroatoms. The predicted molar refractivity (Wildman–Crippen MR) is 140 cm³/mol. The number of carbonyl (C=O) groups is 1. The van der Waals surface area contributed by atoms with Crippen LogP contribution in [0.15, 0.2) is 78.9 Å². The number of carbonyl (C=O) groups excluding carboxylic acids is 1. The summed E-state index contributed by atoms with van der Waals surface area (Å²) in [6, 6.07) is 25.4. The van der Waals surface area contributed by atoms with Crippen molar-refractivity contribution in [3.05, 3.63) is 90.0 Å². The maximum atomic E-state index is 13.3. The van der Waals surface area contributed by atoms with Crippen LogP contribution in [0.1, 0.15) is 24.0 Å². The summed E-state index contributed by atoms with van der Waals surface area (Å²) in [7, 11) is 1.52. The largest absolute Gasteiger partial charge is 0.504 e. The number of hydrogen-bond donors (Lipinski definition) is 1. The van der Waals surface area contributed by atoms with E-state index < -0.39 is 0 Å². The van der Waals surface area contributed by atoms with Gasteiger partial charge in [-0.25, -0.2) is 4.79 Å². The van der Waals surface area contributed by atoms with Crippen LogP contribution in [0.4, 0.5) is 10.5 Å². The van der Waals surface area contributed by atoms with E-state index >= 15 is 0 Å². The minimum absolute atomic E-state index is 0.0511. The number of ether oxygens (including phenoxy) is 2. The van der Waals surface area contributed by atoms with Gasteiger partial charge in [0, 0.05) is 31.2 Å². The maximum Gasteiger partial charge on any atom is 0.414 e. The van der Waals surface area contributed by atoms with Gasteiger partial charge in [0.1, 0.15) is 0 Å². The number of piperidine rings is 1. The van der Waals surface area contributed by atoms with E-state index in [1.807, 2.05) is 36.4 Å². The third-order valence-corrected chi connectivity index (χ3v) is 7.63. The number of phenolic OH excluding ortho intramolecular Hbond substituents is 1. The van der Waals surface area contributed by atoms with Crippen molar-refractivity contribution >= 4 is 11.8 Å². The molecule has 2 aliphatic rings. The molecule has 0 radical (unpaired) electrons. The van der Waals surface area contributed by atoms with Crippen LogP contribution in [0.25, 0.3) is 0 Å². The van der Waals surface area contributed by atoms with E-state index in [1.54, 1.807) is 17.0 Å². The molecule has 2 bridgehead atoms. The van der Waals surface area contributed by atoms with Gasteiger partial charge in [0.2, 0.25) is 0 Å². The van der Waals surface area contributed by atoms with Crippen LogP contribution >= 0.6 is 0 Å². The number of aromatic hydroxyl groups is 1. The number of hydrogen-bond acceptors (Lipinski definition) is 5. The Bertz CT molecular complexity index is 1140. The molecule has 6 nitrogen and oxygen atoms in total. The Morgan fingerprint density at radius 1 is 0.944 bits per heavy atom. The molecule has 2 fully saturated rings. The summed E-state index contributed by atoms with van der Waals surface area (Å²) in [5, 5.41) is 10.2.